The van der Waals surface area contributed by atoms with E-state index in [1.165, 1.54) is 12.1 Å². The molecule has 4 amide bonds. The third kappa shape index (κ3) is 2.24. The van der Waals surface area contributed by atoms with E-state index in [1.54, 1.807) is 0 Å². The average molecular weight is 372 g/mol. The van der Waals surface area contributed by atoms with E-state index in [-0.39, 0.29) is 41.7 Å². The van der Waals surface area contributed by atoms with Gasteiger partial charge >= 0.3 is 0 Å². The molecular weight excluding hydrogens is 355 g/mol. The van der Waals surface area contributed by atoms with Crippen molar-refractivity contribution in [2.75, 3.05) is 18.0 Å². The van der Waals surface area contributed by atoms with Gasteiger partial charge in [0.05, 0.1) is 16.8 Å². The number of rotatable bonds is 2. The molecule has 0 aromatic heterocycles. The number of fused-ring (bicyclic) bond motifs is 3. The van der Waals surface area contributed by atoms with Crippen LogP contribution in [0, 0.1) is 5.82 Å². The zero-order valence-electron chi connectivity index (χ0n) is 14.3. The molecule has 8 nitrogen and oxygen atoms in total. The van der Waals surface area contributed by atoms with Gasteiger partial charge in [0.2, 0.25) is 11.8 Å². The Morgan fingerprint density at radius 3 is 2.59 bits per heavy atom. The van der Waals surface area contributed by atoms with Gasteiger partial charge in [-0.15, -0.1) is 0 Å². The lowest BCUT2D eigenvalue weighted by atomic mass is 10.0. The number of imide groups is 2. The summed E-state index contributed by atoms with van der Waals surface area (Å²) < 4.78 is 14.8. The van der Waals surface area contributed by atoms with E-state index in [2.05, 4.69) is 10.6 Å². The van der Waals surface area contributed by atoms with E-state index in [0.717, 1.165) is 11.3 Å². The number of carbonyl (C=O) groups excluding carboxylic acids is 4. The second-order valence-corrected chi connectivity index (χ2v) is 7.41. The van der Waals surface area contributed by atoms with Crippen LogP contribution in [-0.2, 0) is 9.59 Å². The third-order valence-electron chi connectivity index (χ3n) is 5.88. The minimum Gasteiger partial charge on any atom is -0.363 e. The molecule has 3 unspecified atom stereocenters. The summed E-state index contributed by atoms with van der Waals surface area (Å²) >= 11 is 0. The zero-order chi connectivity index (χ0) is 18.9. The molecular formula is C18H17FN4O4. The monoisotopic (exact) mass is 372 g/mol. The summed E-state index contributed by atoms with van der Waals surface area (Å²) in [6, 6.07) is 1.76. The molecule has 0 spiro atoms. The topological polar surface area (TPSA) is 98.8 Å². The fourth-order valence-corrected chi connectivity index (χ4v) is 4.63. The van der Waals surface area contributed by atoms with Gasteiger partial charge in [0.1, 0.15) is 11.9 Å². The fraction of sp³-hybridized carbons (Fsp3) is 0.444. The highest BCUT2D eigenvalue weighted by atomic mass is 19.1. The molecule has 3 atom stereocenters. The molecule has 1 aromatic carbocycles. The Labute approximate surface area is 153 Å². The Morgan fingerprint density at radius 2 is 1.93 bits per heavy atom. The first-order valence-corrected chi connectivity index (χ1v) is 9.00. The van der Waals surface area contributed by atoms with E-state index in [9.17, 15) is 23.6 Å². The number of piperidine rings is 1. The molecule has 2 bridgehead atoms. The SMILES string of the molecule is O=C1CCC(N2C(=O)c3ccc(F)c(N4CC5CC4CN5)c3C2=O)C(=O)N1. The largest absolute Gasteiger partial charge is 0.363 e. The molecule has 4 aliphatic rings. The van der Waals surface area contributed by atoms with Crippen molar-refractivity contribution in [1.82, 2.24) is 15.5 Å². The molecule has 4 heterocycles. The first-order chi connectivity index (χ1) is 13.0. The van der Waals surface area contributed by atoms with Crippen molar-refractivity contribution in [2.24, 2.45) is 0 Å². The summed E-state index contributed by atoms with van der Waals surface area (Å²) in [4.78, 5) is 52.2. The maximum absolute atomic E-state index is 14.8. The lowest BCUT2D eigenvalue weighted by Gasteiger charge is -2.31. The average Bonchev–Trinajstić information content (AvgIpc) is 3.31. The Balaban J connectivity index is 1.56. The molecule has 5 rings (SSSR count). The summed E-state index contributed by atoms with van der Waals surface area (Å²) in [5, 5.41) is 5.48. The molecule has 0 saturated carbocycles. The van der Waals surface area contributed by atoms with Gasteiger partial charge < -0.3 is 10.2 Å². The van der Waals surface area contributed by atoms with Crippen LogP contribution < -0.4 is 15.5 Å². The number of hydrogen-bond donors (Lipinski definition) is 2. The number of nitrogens with zero attached hydrogens (tertiary/aromatic N) is 2. The second-order valence-electron chi connectivity index (χ2n) is 7.41. The maximum atomic E-state index is 14.8. The standard InChI is InChI=1S/C18H17FN4O4/c19-11-2-1-10-14(15(11)22-7-8-5-9(22)6-20-8)18(27)23(17(10)26)12-3-4-13(24)21-16(12)25/h1-2,8-9,12,20H,3-7H2,(H,21,24,25). The van der Waals surface area contributed by atoms with Crippen molar-refractivity contribution in [3.8, 4) is 0 Å². The molecule has 27 heavy (non-hydrogen) atoms. The van der Waals surface area contributed by atoms with Gasteiger partial charge in [-0.1, -0.05) is 0 Å². The number of piperazine rings is 1. The van der Waals surface area contributed by atoms with Crippen LogP contribution in [0.4, 0.5) is 10.1 Å². The summed E-state index contributed by atoms with van der Waals surface area (Å²) in [6.45, 7) is 1.27. The number of carbonyl (C=O) groups is 4. The van der Waals surface area contributed by atoms with E-state index in [4.69, 9.17) is 0 Å². The Morgan fingerprint density at radius 1 is 1.11 bits per heavy atom. The minimum absolute atomic E-state index is 0.0252. The molecule has 1 aromatic rings. The van der Waals surface area contributed by atoms with Crippen LogP contribution in [0.2, 0.25) is 0 Å². The van der Waals surface area contributed by atoms with Crippen LogP contribution in [0.3, 0.4) is 0 Å². The molecule has 3 saturated heterocycles. The predicted molar refractivity (Wildman–Crippen MR) is 90.6 cm³/mol. The van der Waals surface area contributed by atoms with Crippen molar-refractivity contribution in [1.29, 1.82) is 0 Å². The molecule has 2 N–H and O–H groups in total. The Bertz CT molecular complexity index is 917. The van der Waals surface area contributed by atoms with E-state index in [1.807, 2.05) is 4.90 Å². The van der Waals surface area contributed by atoms with Crippen LogP contribution in [0.25, 0.3) is 0 Å². The molecule has 9 heteroatoms. The molecule has 140 valence electrons. The van der Waals surface area contributed by atoms with Gasteiger partial charge in [0.25, 0.3) is 11.8 Å². The number of hydrogen-bond acceptors (Lipinski definition) is 6. The van der Waals surface area contributed by atoms with Gasteiger partial charge in [0.15, 0.2) is 0 Å². The third-order valence-corrected chi connectivity index (χ3v) is 5.88. The highest BCUT2D eigenvalue weighted by Gasteiger charge is 2.48. The van der Waals surface area contributed by atoms with Crippen molar-refractivity contribution in [2.45, 2.75) is 37.4 Å². The summed E-state index contributed by atoms with van der Waals surface area (Å²) in [6.07, 6.45) is 0.987. The van der Waals surface area contributed by atoms with Crippen molar-refractivity contribution < 1.29 is 23.6 Å². The van der Waals surface area contributed by atoms with E-state index >= 15 is 0 Å². The maximum Gasteiger partial charge on any atom is 0.264 e. The normalized spacial score (nSPS) is 29.6. The quantitative estimate of drug-likeness (QED) is 0.697. The predicted octanol–water partition coefficient (Wildman–Crippen LogP) is -0.223. The van der Waals surface area contributed by atoms with Crippen LogP contribution in [-0.4, -0.2) is 59.7 Å². The summed E-state index contributed by atoms with van der Waals surface area (Å²) in [5.41, 5.74) is 0.281. The van der Waals surface area contributed by atoms with Gasteiger partial charge in [-0.25, -0.2) is 4.39 Å². The minimum atomic E-state index is -1.05. The summed E-state index contributed by atoms with van der Waals surface area (Å²) in [7, 11) is 0. The van der Waals surface area contributed by atoms with E-state index in [0.29, 0.717) is 13.1 Å². The highest BCUT2D eigenvalue weighted by Crippen LogP contribution is 2.39. The molecule has 3 fully saturated rings. The van der Waals surface area contributed by atoms with Crippen molar-refractivity contribution in [3.05, 3.63) is 29.1 Å². The Kier molecular flexibility index (Phi) is 3.39. The first kappa shape index (κ1) is 16.4. The summed E-state index contributed by atoms with van der Waals surface area (Å²) in [5.74, 6) is -2.94. The smallest absolute Gasteiger partial charge is 0.264 e. The van der Waals surface area contributed by atoms with Crippen molar-refractivity contribution in [3.63, 3.8) is 0 Å². The highest BCUT2D eigenvalue weighted by molar-refractivity contribution is 6.25. The van der Waals surface area contributed by atoms with Gasteiger partial charge in [-0.05, 0) is 25.0 Å². The number of anilines is 1. The lowest BCUT2D eigenvalue weighted by molar-refractivity contribution is -0.136. The van der Waals surface area contributed by atoms with Crippen LogP contribution in [0.5, 0.6) is 0 Å². The van der Waals surface area contributed by atoms with Crippen LogP contribution in [0.15, 0.2) is 12.1 Å². The van der Waals surface area contributed by atoms with Gasteiger partial charge in [-0.2, -0.15) is 0 Å². The fourth-order valence-electron chi connectivity index (χ4n) is 4.63. The first-order valence-electron chi connectivity index (χ1n) is 9.00. The molecule has 4 aliphatic heterocycles. The Hall–Kier alpha value is -2.81. The molecule has 0 aliphatic carbocycles. The van der Waals surface area contributed by atoms with Crippen LogP contribution >= 0.6 is 0 Å². The number of nitrogens with one attached hydrogen (secondary N) is 2. The number of benzene rings is 1. The zero-order valence-corrected chi connectivity index (χ0v) is 14.3. The molecule has 0 radical (unpaired) electrons. The van der Waals surface area contributed by atoms with Gasteiger partial charge in [0, 0.05) is 31.6 Å². The van der Waals surface area contributed by atoms with E-state index < -0.39 is 35.5 Å². The van der Waals surface area contributed by atoms with Crippen LogP contribution in [0.1, 0.15) is 40.0 Å². The number of halogens is 1. The van der Waals surface area contributed by atoms with Gasteiger partial charge in [-0.3, -0.25) is 29.4 Å². The second kappa shape index (κ2) is 5.59. The number of amides is 4. The lowest BCUT2D eigenvalue weighted by Crippen LogP contribution is -2.54. The van der Waals surface area contributed by atoms with Crippen molar-refractivity contribution >= 4 is 29.3 Å².